The number of nitrogen functional groups attached to an aromatic ring is 1. The predicted molar refractivity (Wildman–Crippen MR) is 89.0 cm³/mol. The van der Waals surface area contributed by atoms with E-state index < -0.39 is 0 Å². The van der Waals surface area contributed by atoms with Crippen molar-refractivity contribution in [3.05, 3.63) is 32.4 Å². The van der Waals surface area contributed by atoms with Gasteiger partial charge in [0.25, 0.3) is 0 Å². The molecule has 3 heterocycles. The minimum Gasteiger partial charge on any atom is -0.382 e. The molecule has 104 valence electrons. The van der Waals surface area contributed by atoms with E-state index in [1.807, 2.05) is 24.4 Å². The number of anilines is 2. The number of halogens is 1. The van der Waals surface area contributed by atoms with Gasteiger partial charge in [-0.25, -0.2) is 4.98 Å². The van der Waals surface area contributed by atoms with E-state index >= 15 is 0 Å². The summed E-state index contributed by atoms with van der Waals surface area (Å²) in [6, 6.07) is 3.91. The third-order valence-corrected chi connectivity index (χ3v) is 5.63. The number of thiazole rings is 1. The molecule has 0 radical (unpaired) electrons. The minimum absolute atomic E-state index is 0.524. The van der Waals surface area contributed by atoms with Gasteiger partial charge in [-0.15, -0.1) is 22.7 Å². The van der Waals surface area contributed by atoms with Gasteiger partial charge < -0.3 is 11.1 Å². The summed E-state index contributed by atoms with van der Waals surface area (Å²) in [5.41, 5.74) is 7.85. The summed E-state index contributed by atoms with van der Waals surface area (Å²) in [6.07, 6.45) is 0. The van der Waals surface area contributed by atoms with Crippen molar-refractivity contribution < 1.29 is 0 Å². The zero-order valence-electron chi connectivity index (χ0n) is 10.5. The van der Waals surface area contributed by atoms with Gasteiger partial charge in [0, 0.05) is 16.0 Å². The molecule has 0 aliphatic rings. The lowest BCUT2D eigenvalue weighted by Crippen LogP contribution is -1.97. The molecule has 0 atom stereocenters. The molecule has 3 rings (SSSR count). The number of aromatic nitrogens is 2. The highest BCUT2D eigenvalue weighted by Gasteiger charge is 2.16. The second-order valence-corrected chi connectivity index (χ2v) is 7.56. The lowest BCUT2D eigenvalue weighted by molar-refractivity contribution is 1.21. The summed E-state index contributed by atoms with van der Waals surface area (Å²) in [6.45, 7) is 2.67. The maximum Gasteiger partial charge on any atom is 0.149 e. The Morgan fingerprint density at radius 3 is 2.90 bits per heavy atom. The Morgan fingerprint density at radius 2 is 2.25 bits per heavy atom. The van der Waals surface area contributed by atoms with Crippen molar-refractivity contribution >= 4 is 56.6 Å². The Balaban J connectivity index is 1.83. The van der Waals surface area contributed by atoms with Crippen molar-refractivity contribution in [2.24, 2.45) is 0 Å². The van der Waals surface area contributed by atoms with Gasteiger partial charge in [-0.05, 0) is 30.6 Å². The number of hydrogen-bond acceptors (Lipinski definition) is 7. The molecule has 0 saturated heterocycles. The minimum atomic E-state index is 0.524. The highest BCUT2D eigenvalue weighted by atomic mass is 35.5. The van der Waals surface area contributed by atoms with Crippen LogP contribution >= 0.6 is 45.8 Å². The second kappa shape index (κ2) is 5.69. The molecule has 0 saturated carbocycles. The molecule has 20 heavy (non-hydrogen) atoms. The molecule has 0 amide bonds. The van der Waals surface area contributed by atoms with Crippen LogP contribution in [0.2, 0.25) is 4.34 Å². The van der Waals surface area contributed by atoms with Gasteiger partial charge >= 0.3 is 0 Å². The Kier molecular flexibility index (Phi) is 3.93. The number of rotatable bonds is 4. The summed E-state index contributed by atoms with van der Waals surface area (Å²) in [7, 11) is 0. The molecule has 0 aliphatic heterocycles. The second-order valence-electron chi connectivity index (χ2n) is 4.13. The Bertz CT molecular complexity index is 731. The van der Waals surface area contributed by atoms with Crippen LogP contribution in [-0.2, 0) is 6.54 Å². The molecule has 3 aromatic heterocycles. The zero-order valence-corrected chi connectivity index (χ0v) is 13.7. The highest BCUT2D eigenvalue weighted by molar-refractivity contribution is 7.16. The number of thiophene rings is 1. The van der Waals surface area contributed by atoms with Crippen molar-refractivity contribution in [3.63, 3.8) is 0 Å². The molecule has 4 nitrogen and oxygen atoms in total. The molecule has 3 aromatic rings. The fourth-order valence-electron chi connectivity index (χ4n) is 1.71. The first-order valence-corrected chi connectivity index (χ1v) is 8.64. The maximum absolute atomic E-state index is 5.96. The van der Waals surface area contributed by atoms with E-state index in [1.54, 1.807) is 22.7 Å². The van der Waals surface area contributed by atoms with Gasteiger partial charge in [-0.1, -0.05) is 11.6 Å². The van der Waals surface area contributed by atoms with Crippen LogP contribution in [0.4, 0.5) is 10.8 Å². The summed E-state index contributed by atoms with van der Waals surface area (Å²) in [4.78, 5) is 5.65. The van der Waals surface area contributed by atoms with Crippen molar-refractivity contribution in [2.75, 3.05) is 11.1 Å². The van der Waals surface area contributed by atoms with Crippen LogP contribution in [0.25, 0.3) is 10.6 Å². The largest absolute Gasteiger partial charge is 0.382 e. The van der Waals surface area contributed by atoms with Gasteiger partial charge in [0.1, 0.15) is 15.8 Å². The Labute approximate surface area is 133 Å². The topological polar surface area (TPSA) is 63.8 Å². The van der Waals surface area contributed by atoms with E-state index in [-0.39, 0.29) is 0 Å². The fourth-order valence-corrected chi connectivity index (χ4v) is 4.37. The lowest BCUT2D eigenvalue weighted by Gasteiger charge is -2.03. The molecule has 8 heteroatoms. The molecule has 3 N–H and O–H groups in total. The Hall–Kier alpha value is -1.15. The summed E-state index contributed by atoms with van der Waals surface area (Å²) in [5.74, 6) is 0.524. The van der Waals surface area contributed by atoms with E-state index in [2.05, 4.69) is 14.7 Å². The summed E-state index contributed by atoms with van der Waals surface area (Å²) >= 11 is 10.4. The molecule has 0 unspecified atom stereocenters. The smallest absolute Gasteiger partial charge is 0.149 e. The molecule has 0 aliphatic carbocycles. The first-order chi connectivity index (χ1) is 9.63. The molecular weight excluding hydrogens is 332 g/mol. The van der Waals surface area contributed by atoms with E-state index in [9.17, 15) is 0 Å². The third-order valence-electron chi connectivity index (χ3n) is 2.60. The van der Waals surface area contributed by atoms with Crippen molar-refractivity contribution in [2.45, 2.75) is 13.5 Å². The fraction of sp³-hybridized carbons (Fsp3) is 0.167. The number of hydrogen-bond donors (Lipinski definition) is 2. The molecular formula is C12H11ClN4S3. The van der Waals surface area contributed by atoms with Crippen molar-refractivity contribution in [1.82, 2.24) is 9.36 Å². The predicted octanol–water partition coefficient (Wildman–Crippen LogP) is 4.48. The van der Waals surface area contributed by atoms with Crippen LogP contribution in [0, 0.1) is 6.92 Å². The Morgan fingerprint density at radius 1 is 1.40 bits per heavy atom. The van der Waals surface area contributed by atoms with E-state index in [4.69, 9.17) is 17.3 Å². The lowest BCUT2D eigenvalue weighted by atomic mass is 10.3. The van der Waals surface area contributed by atoms with Gasteiger partial charge in [0.05, 0.1) is 16.4 Å². The first kappa shape index (κ1) is 13.8. The van der Waals surface area contributed by atoms with E-state index in [1.165, 1.54) is 16.4 Å². The van der Waals surface area contributed by atoms with Crippen LogP contribution < -0.4 is 11.1 Å². The monoisotopic (exact) mass is 342 g/mol. The van der Waals surface area contributed by atoms with E-state index in [0.29, 0.717) is 12.4 Å². The van der Waals surface area contributed by atoms with Gasteiger partial charge in [0.15, 0.2) is 0 Å². The number of nitrogens with one attached hydrogen (secondary N) is 1. The normalized spacial score (nSPS) is 10.9. The van der Waals surface area contributed by atoms with Crippen LogP contribution in [0.5, 0.6) is 0 Å². The number of nitrogens with zero attached hydrogens (tertiary/aromatic N) is 2. The van der Waals surface area contributed by atoms with Crippen LogP contribution in [-0.4, -0.2) is 9.36 Å². The third kappa shape index (κ3) is 2.80. The van der Waals surface area contributed by atoms with E-state index in [0.717, 1.165) is 25.6 Å². The molecule has 0 aromatic carbocycles. The molecule has 0 spiro atoms. The molecule has 0 bridgehead atoms. The van der Waals surface area contributed by atoms with Gasteiger partial charge in [-0.3, -0.25) is 0 Å². The molecule has 0 fully saturated rings. The average Bonchev–Trinajstić information content (AvgIpc) is 3.09. The zero-order chi connectivity index (χ0) is 14.1. The maximum atomic E-state index is 5.96. The van der Waals surface area contributed by atoms with Crippen LogP contribution in [0.1, 0.15) is 10.6 Å². The number of nitrogens with two attached hydrogens (primary N) is 1. The van der Waals surface area contributed by atoms with Crippen LogP contribution in [0.15, 0.2) is 17.5 Å². The standard InChI is InChI=1S/C12H11ClN4S3/c1-6-5-18-12(16-6)9-10(14)17-20-11(9)15-4-7-2-3-8(13)19-7/h2-3,5,15H,4H2,1H3,(H2,14,17). The first-order valence-electron chi connectivity index (χ1n) is 5.79. The highest BCUT2D eigenvalue weighted by Crippen LogP contribution is 2.38. The van der Waals surface area contributed by atoms with Gasteiger partial charge in [0.2, 0.25) is 0 Å². The van der Waals surface area contributed by atoms with Crippen molar-refractivity contribution in [1.29, 1.82) is 0 Å². The summed E-state index contributed by atoms with van der Waals surface area (Å²) < 4.78 is 5.01. The number of aryl methyl sites for hydroxylation is 1. The average molecular weight is 343 g/mol. The quantitative estimate of drug-likeness (QED) is 0.733. The van der Waals surface area contributed by atoms with Gasteiger partial charge in [-0.2, -0.15) is 4.37 Å². The van der Waals surface area contributed by atoms with Crippen molar-refractivity contribution in [3.8, 4) is 10.6 Å². The van der Waals surface area contributed by atoms with Crippen LogP contribution in [0.3, 0.4) is 0 Å². The SMILES string of the molecule is Cc1csc(-c2c(N)nsc2NCc2ccc(Cl)s2)n1. The summed E-state index contributed by atoms with van der Waals surface area (Å²) in [5, 5.41) is 7.22.